The molecule has 2 atom stereocenters. The molecule has 0 radical (unpaired) electrons. The lowest BCUT2D eigenvalue weighted by atomic mass is 10.2. The molecular weight excluding hydrogens is 182 g/mol. The van der Waals surface area contributed by atoms with Gasteiger partial charge in [0.25, 0.3) is 0 Å². The van der Waals surface area contributed by atoms with Gasteiger partial charge >= 0.3 is 11.5 Å². The van der Waals surface area contributed by atoms with E-state index in [4.69, 9.17) is 16.4 Å². The smallest absolute Gasteiger partial charge is 0.344 e. The molecule has 0 amide bonds. The second-order valence-corrected chi connectivity index (χ2v) is 3.42. The molecular formula is C5H9N3O3S. The Balaban J connectivity index is 3.75. The lowest BCUT2D eigenvalue weighted by Gasteiger charge is -2.01. The molecule has 3 N–H and O–H groups in total. The first-order valence-corrected chi connectivity index (χ1v) is 4.49. The Hall–Kier alpha value is -1.04. The summed E-state index contributed by atoms with van der Waals surface area (Å²) in [6, 6.07) is -1.01. The molecule has 0 aromatic heterocycles. The van der Waals surface area contributed by atoms with Gasteiger partial charge in [-0.15, -0.1) is 0 Å². The highest BCUT2D eigenvalue weighted by molar-refractivity contribution is 7.98. The number of nitrogens with zero attached hydrogens (tertiary/aromatic N) is 2. The van der Waals surface area contributed by atoms with E-state index in [-0.39, 0.29) is 12.2 Å². The van der Waals surface area contributed by atoms with Crippen LogP contribution in [0.2, 0.25) is 0 Å². The minimum atomic E-state index is -1.44. The van der Waals surface area contributed by atoms with Crippen LogP contribution >= 0.6 is 0 Å². The lowest BCUT2D eigenvalue weighted by Crippen LogP contribution is -2.31. The second-order valence-electron chi connectivity index (χ2n) is 2.04. The van der Waals surface area contributed by atoms with Gasteiger partial charge in [-0.3, -0.25) is 4.79 Å². The number of carbonyl (C=O) groups is 1. The number of rotatable bonds is 5. The van der Waals surface area contributed by atoms with Crippen molar-refractivity contribution in [2.75, 3.05) is 5.75 Å². The molecule has 0 heterocycles. The average Bonchev–Trinajstić information content (AvgIpc) is 2.00. The van der Waals surface area contributed by atoms with Crippen molar-refractivity contribution in [1.82, 2.24) is 0 Å². The summed E-state index contributed by atoms with van der Waals surface area (Å²) in [5.74, 6) is -1.05. The van der Waals surface area contributed by atoms with Crippen LogP contribution in [-0.2, 0) is 15.6 Å². The molecule has 0 aliphatic heterocycles. The Bertz CT molecular complexity index is 236. The van der Waals surface area contributed by atoms with Crippen LogP contribution < -0.4 is 5.73 Å². The highest BCUT2D eigenvalue weighted by atomic mass is 32.2. The van der Waals surface area contributed by atoms with Crippen molar-refractivity contribution < 1.29 is 18.9 Å². The molecule has 0 fully saturated rings. The van der Waals surface area contributed by atoms with Gasteiger partial charge in [0.1, 0.15) is 16.8 Å². The average molecular weight is 191 g/mol. The van der Waals surface area contributed by atoms with E-state index in [9.17, 15) is 9.00 Å². The minimum absolute atomic E-state index is 0.0809. The maximum Gasteiger partial charge on any atom is 0.344 e. The van der Waals surface area contributed by atoms with Crippen molar-refractivity contribution in [3.63, 3.8) is 0 Å². The number of aliphatic carboxylic acids is 1. The summed E-state index contributed by atoms with van der Waals surface area (Å²) in [7, 11) is -1.44. The fraction of sp³-hybridized carbons (Fsp3) is 0.600. The topological polar surface area (TPSA) is 117 Å². The maximum atomic E-state index is 10.7. The van der Waals surface area contributed by atoms with E-state index in [1.165, 1.54) is 0 Å². The summed E-state index contributed by atoms with van der Waals surface area (Å²) in [6.07, 6.45) is 0.0912. The van der Waals surface area contributed by atoms with Crippen LogP contribution in [0.1, 0.15) is 6.42 Å². The van der Waals surface area contributed by atoms with Gasteiger partial charge < -0.3 is 16.4 Å². The highest BCUT2D eigenvalue weighted by Gasteiger charge is 2.12. The van der Waals surface area contributed by atoms with E-state index in [0.717, 1.165) is 5.55 Å². The van der Waals surface area contributed by atoms with Crippen molar-refractivity contribution in [2.24, 2.45) is 5.73 Å². The molecule has 6 nitrogen and oxygen atoms in total. The predicted molar refractivity (Wildman–Crippen MR) is 42.9 cm³/mol. The third kappa shape index (κ3) is 4.73. The fourth-order valence-corrected chi connectivity index (χ4v) is 1.17. The van der Waals surface area contributed by atoms with Crippen LogP contribution in [0.25, 0.3) is 5.53 Å². The van der Waals surface area contributed by atoms with Crippen LogP contribution in [0.4, 0.5) is 0 Å². The molecule has 0 aliphatic rings. The van der Waals surface area contributed by atoms with E-state index in [2.05, 4.69) is 4.79 Å². The Morgan fingerprint density at radius 2 is 2.42 bits per heavy atom. The van der Waals surface area contributed by atoms with E-state index in [1.54, 1.807) is 0 Å². The highest BCUT2D eigenvalue weighted by Crippen LogP contribution is 1.90. The number of nitrogens with two attached hydrogens (primary N) is 1. The van der Waals surface area contributed by atoms with Crippen molar-refractivity contribution in [2.45, 2.75) is 12.5 Å². The van der Waals surface area contributed by atoms with E-state index in [0.29, 0.717) is 0 Å². The van der Waals surface area contributed by atoms with E-state index in [1.807, 2.05) is 0 Å². The number of carboxylic acids is 1. The Morgan fingerprint density at radius 1 is 1.83 bits per heavy atom. The summed E-state index contributed by atoms with van der Waals surface area (Å²) in [5, 5.41) is 8.32. The lowest BCUT2D eigenvalue weighted by molar-refractivity contribution is -0.138. The van der Waals surface area contributed by atoms with Gasteiger partial charge in [0, 0.05) is 5.75 Å². The summed E-state index contributed by atoms with van der Waals surface area (Å²) in [5.41, 5.74) is 13.9. The van der Waals surface area contributed by atoms with Gasteiger partial charge in [-0.2, -0.15) is 4.79 Å². The standard InChI is InChI=1S/C5H9N3O3S/c6-4(5(9)10)1-2-12(11)3-8-7/h3-4H,1-2,6H2,(H,9,10)/t4-,12?/m0/s1. The Labute approximate surface area is 71.5 Å². The summed E-state index contributed by atoms with van der Waals surface area (Å²) < 4.78 is 10.7. The third-order valence-electron chi connectivity index (χ3n) is 1.11. The van der Waals surface area contributed by atoms with Crippen LogP contribution in [-0.4, -0.2) is 37.4 Å². The first kappa shape index (κ1) is 11.0. The van der Waals surface area contributed by atoms with Crippen molar-refractivity contribution in [3.8, 4) is 0 Å². The molecule has 1 unspecified atom stereocenters. The Morgan fingerprint density at radius 3 is 2.83 bits per heavy atom. The monoisotopic (exact) mass is 191 g/mol. The fourth-order valence-electron chi connectivity index (χ4n) is 0.472. The third-order valence-corrected chi connectivity index (χ3v) is 2.08. The number of carboxylic acid groups (broad SMARTS) is 1. The first-order valence-electron chi connectivity index (χ1n) is 3.11. The van der Waals surface area contributed by atoms with Crippen LogP contribution in [0, 0.1) is 0 Å². The van der Waals surface area contributed by atoms with Gasteiger partial charge in [-0.05, 0) is 6.42 Å². The zero-order valence-electron chi connectivity index (χ0n) is 6.21. The number of hydrogen-bond acceptors (Lipinski definition) is 3. The van der Waals surface area contributed by atoms with Crippen molar-refractivity contribution in [3.05, 3.63) is 5.53 Å². The molecule has 0 aromatic carbocycles. The SMILES string of the molecule is [N-]=[N+]=CS(=O)CC[C@H](N)C(=O)O. The molecule has 0 aliphatic carbocycles. The molecule has 7 heteroatoms. The summed E-state index contributed by atoms with van der Waals surface area (Å²) >= 11 is 0. The van der Waals surface area contributed by atoms with Gasteiger partial charge in [-0.1, -0.05) is 0 Å². The first-order chi connectivity index (χ1) is 5.57. The molecule has 0 rings (SSSR count). The van der Waals surface area contributed by atoms with Gasteiger partial charge in [0.15, 0.2) is 0 Å². The molecule has 12 heavy (non-hydrogen) atoms. The van der Waals surface area contributed by atoms with Gasteiger partial charge in [0.05, 0.1) is 0 Å². The zero-order chi connectivity index (χ0) is 9.56. The predicted octanol–water partition coefficient (Wildman–Crippen LogP) is -1.20. The number of hydrogen-bond donors (Lipinski definition) is 2. The molecule has 0 bridgehead atoms. The second kappa shape index (κ2) is 5.59. The molecule has 0 aromatic rings. The minimum Gasteiger partial charge on any atom is -0.480 e. The quantitative estimate of drug-likeness (QED) is 0.245. The van der Waals surface area contributed by atoms with E-state index < -0.39 is 22.8 Å². The van der Waals surface area contributed by atoms with Crippen molar-refractivity contribution >= 4 is 22.3 Å². The maximum absolute atomic E-state index is 10.7. The molecule has 0 saturated heterocycles. The van der Waals surface area contributed by atoms with Crippen LogP contribution in [0.15, 0.2) is 0 Å². The molecule has 0 spiro atoms. The van der Waals surface area contributed by atoms with Gasteiger partial charge in [-0.25, -0.2) is 4.21 Å². The van der Waals surface area contributed by atoms with Gasteiger partial charge in [0.2, 0.25) is 0 Å². The largest absolute Gasteiger partial charge is 0.480 e. The van der Waals surface area contributed by atoms with E-state index >= 15 is 0 Å². The summed E-state index contributed by atoms with van der Waals surface area (Å²) in [6.45, 7) is 0. The normalized spacial score (nSPS) is 14.4. The van der Waals surface area contributed by atoms with Crippen LogP contribution in [0.5, 0.6) is 0 Å². The zero-order valence-corrected chi connectivity index (χ0v) is 7.03. The van der Waals surface area contributed by atoms with Crippen molar-refractivity contribution in [1.29, 1.82) is 0 Å². The molecule has 68 valence electrons. The van der Waals surface area contributed by atoms with Crippen LogP contribution in [0.3, 0.4) is 0 Å². The Kier molecular flexibility index (Phi) is 5.11. The molecule has 0 saturated carbocycles. The summed E-state index contributed by atoms with van der Waals surface area (Å²) in [4.78, 5) is 12.7.